The molecule has 0 unspecified atom stereocenters. The third kappa shape index (κ3) is 3.23. The second-order valence-electron chi connectivity index (χ2n) is 6.85. The summed E-state index contributed by atoms with van der Waals surface area (Å²) < 4.78 is 13.5. The topological polar surface area (TPSA) is 62.1 Å². The Morgan fingerprint density at radius 3 is 2.71 bits per heavy atom. The van der Waals surface area contributed by atoms with E-state index >= 15 is 0 Å². The van der Waals surface area contributed by atoms with Gasteiger partial charge in [0.25, 0.3) is 0 Å². The molecule has 0 saturated carbocycles. The summed E-state index contributed by atoms with van der Waals surface area (Å²) in [7, 11) is 0. The van der Waals surface area contributed by atoms with Gasteiger partial charge in [0.2, 0.25) is 5.88 Å². The van der Waals surface area contributed by atoms with Crippen LogP contribution in [0.2, 0.25) is 0 Å². The average Bonchev–Trinajstić information content (AvgIpc) is 3.19. The Labute approximate surface area is 162 Å². The monoisotopic (exact) mass is 372 g/mol. The van der Waals surface area contributed by atoms with Crippen molar-refractivity contribution < 1.29 is 9.47 Å². The number of rotatable bonds is 4. The van der Waals surface area contributed by atoms with E-state index in [1.165, 1.54) is 0 Å². The molecule has 6 heteroatoms. The van der Waals surface area contributed by atoms with E-state index in [9.17, 15) is 0 Å². The number of ether oxygens (including phenoxy) is 2. The van der Waals surface area contributed by atoms with E-state index in [-0.39, 0.29) is 0 Å². The van der Waals surface area contributed by atoms with Crippen LogP contribution in [0.15, 0.2) is 67.1 Å². The Bertz CT molecular complexity index is 1090. The lowest BCUT2D eigenvalue weighted by Crippen LogP contribution is -2.15. The van der Waals surface area contributed by atoms with Gasteiger partial charge >= 0.3 is 0 Å². The first-order valence-electron chi connectivity index (χ1n) is 9.48. The van der Waals surface area contributed by atoms with E-state index in [0.29, 0.717) is 11.8 Å². The van der Waals surface area contributed by atoms with Crippen LogP contribution in [0.3, 0.4) is 0 Å². The number of aromatic nitrogens is 4. The Balaban J connectivity index is 1.45. The van der Waals surface area contributed by atoms with Crippen LogP contribution in [0.4, 0.5) is 0 Å². The molecule has 0 aliphatic carbocycles. The molecule has 1 saturated heterocycles. The minimum atomic E-state index is 0.424. The van der Waals surface area contributed by atoms with Crippen molar-refractivity contribution in [3.05, 3.63) is 72.7 Å². The van der Waals surface area contributed by atoms with Crippen molar-refractivity contribution in [2.75, 3.05) is 13.2 Å². The molecule has 140 valence electrons. The lowest BCUT2D eigenvalue weighted by molar-refractivity contribution is 0.0848. The molecule has 3 aromatic heterocycles. The van der Waals surface area contributed by atoms with Crippen molar-refractivity contribution in [1.82, 2.24) is 19.7 Å². The van der Waals surface area contributed by atoms with Crippen molar-refractivity contribution in [2.24, 2.45) is 0 Å². The highest BCUT2D eigenvalue weighted by Gasteiger charge is 2.20. The quantitative estimate of drug-likeness (QED) is 0.528. The molecule has 0 amide bonds. The van der Waals surface area contributed by atoms with Crippen LogP contribution in [0.25, 0.3) is 16.7 Å². The largest absolute Gasteiger partial charge is 0.439 e. The van der Waals surface area contributed by atoms with Crippen LogP contribution in [0, 0.1) is 0 Å². The molecular formula is C22H20N4O2. The first kappa shape index (κ1) is 16.9. The molecular weight excluding hydrogens is 352 g/mol. The summed E-state index contributed by atoms with van der Waals surface area (Å²) in [6.45, 7) is 1.58. The van der Waals surface area contributed by atoms with Gasteiger partial charge in [-0.05, 0) is 55.2 Å². The van der Waals surface area contributed by atoms with Gasteiger partial charge in [-0.3, -0.25) is 0 Å². The molecule has 1 aromatic carbocycles. The highest BCUT2D eigenvalue weighted by Crippen LogP contribution is 2.35. The van der Waals surface area contributed by atoms with Crippen molar-refractivity contribution in [3.8, 4) is 17.4 Å². The molecule has 0 bridgehead atoms. The van der Waals surface area contributed by atoms with E-state index in [1.54, 1.807) is 12.4 Å². The number of benzene rings is 1. The number of pyridine rings is 2. The summed E-state index contributed by atoms with van der Waals surface area (Å²) in [4.78, 5) is 8.86. The SMILES string of the molecule is c1ccc(-n2ncc3cc(Oc4ncccc4C4CCOCC4)ccc32)nc1. The van der Waals surface area contributed by atoms with E-state index in [0.717, 1.165) is 54.1 Å². The van der Waals surface area contributed by atoms with Gasteiger partial charge in [-0.2, -0.15) is 5.10 Å². The van der Waals surface area contributed by atoms with Gasteiger partial charge in [0.05, 0.1) is 11.7 Å². The van der Waals surface area contributed by atoms with Crippen molar-refractivity contribution in [1.29, 1.82) is 0 Å². The van der Waals surface area contributed by atoms with E-state index in [2.05, 4.69) is 21.1 Å². The van der Waals surface area contributed by atoms with Gasteiger partial charge in [-0.15, -0.1) is 0 Å². The first-order chi connectivity index (χ1) is 13.9. The predicted octanol–water partition coefficient (Wildman–Crippen LogP) is 4.50. The number of nitrogens with zero attached hydrogens (tertiary/aromatic N) is 4. The fraction of sp³-hybridized carbons (Fsp3) is 0.227. The van der Waals surface area contributed by atoms with Gasteiger partial charge in [-0.1, -0.05) is 12.1 Å². The Morgan fingerprint density at radius 2 is 1.86 bits per heavy atom. The summed E-state index contributed by atoms with van der Waals surface area (Å²) in [6, 6.07) is 15.8. The number of hydrogen-bond acceptors (Lipinski definition) is 5. The third-order valence-corrected chi connectivity index (χ3v) is 5.08. The Kier molecular flexibility index (Phi) is 4.47. The minimum absolute atomic E-state index is 0.424. The summed E-state index contributed by atoms with van der Waals surface area (Å²) in [6.07, 6.45) is 7.36. The minimum Gasteiger partial charge on any atom is -0.439 e. The van der Waals surface area contributed by atoms with Crippen LogP contribution in [-0.4, -0.2) is 33.0 Å². The lowest BCUT2D eigenvalue weighted by atomic mass is 9.92. The van der Waals surface area contributed by atoms with Crippen molar-refractivity contribution in [3.63, 3.8) is 0 Å². The van der Waals surface area contributed by atoms with E-state index in [1.807, 2.05) is 53.3 Å². The van der Waals surface area contributed by atoms with Crippen LogP contribution in [-0.2, 0) is 4.74 Å². The molecule has 1 fully saturated rings. The maximum Gasteiger partial charge on any atom is 0.222 e. The molecule has 5 rings (SSSR count). The highest BCUT2D eigenvalue weighted by atomic mass is 16.5. The summed E-state index contributed by atoms with van der Waals surface area (Å²) >= 11 is 0. The molecule has 4 aromatic rings. The van der Waals surface area contributed by atoms with E-state index in [4.69, 9.17) is 9.47 Å². The maximum atomic E-state index is 6.18. The zero-order valence-electron chi connectivity index (χ0n) is 15.4. The number of hydrogen-bond donors (Lipinski definition) is 0. The van der Waals surface area contributed by atoms with Crippen molar-refractivity contribution >= 4 is 10.9 Å². The number of fused-ring (bicyclic) bond motifs is 1. The van der Waals surface area contributed by atoms with Gasteiger partial charge in [0.15, 0.2) is 5.82 Å². The molecule has 0 N–H and O–H groups in total. The van der Waals surface area contributed by atoms with E-state index < -0.39 is 0 Å². The van der Waals surface area contributed by atoms with Crippen LogP contribution >= 0.6 is 0 Å². The Hall–Kier alpha value is -3.25. The second-order valence-corrected chi connectivity index (χ2v) is 6.85. The molecule has 28 heavy (non-hydrogen) atoms. The summed E-state index contributed by atoms with van der Waals surface area (Å²) in [5, 5.41) is 5.47. The van der Waals surface area contributed by atoms with Crippen LogP contribution in [0.5, 0.6) is 11.6 Å². The smallest absolute Gasteiger partial charge is 0.222 e. The van der Waals surface area contributed by atoms with Gasteiger partial charge in [0.1, 0.15) is 5.75 Å². The predicted molar refractivity (Wildman–Crippen MR) is 106 cm³/mol. The third-order valence-electron chi connectivity index (χ3n) is 5.08. The molecule has 1 aliphatic heterocycles. The van der Waals surface area contributed by atoms with Gasteiger partial charge in [-0.25, -0.2) is 14.6 Å². The molecule has 0 spiro atoms. The summed E-state index contributed by atoms with van der Waals surface area (Å²) in [5.41, 5.74) is 2.13. The van der Waals surface area contributed by atoms with Crippen LogP contribution in [0.1, 0.15) is 24.3 Å². The molecule has 0 radical (unpaired) electrons. The molecule has 4 heterocycles. The standard InChI is InChI=1S/C22H20N4O2/c1-2-10-23-21(5-1)26-20-7-6-18(14-17(20)15-25-26)28-22-19(4-3-11-24-22)16-8-12-27-13-9-16/h1-7,10-11,14-16H,8-9,12-13H2. The molecule has 1 aliphatic rings. The zero-order chi connectivity index (χ0) is 18.8. The van der Waals surface area contributed by atoms with Crippen LogP contribution < -0.4 is 4.74 Å². The molecule has 6 nitrogen and oxygen atoms in total. The van der Waals surface area contributed by atoms with Crippen molar-refractivity contribution in [2.45, 2.75) is 18.8 Å². The van der Waals surface area contributed by atoms with Gasteiger partial charge < -0.3 is 9.47 Å². The zero-order valence-corrected chi connectivity index (χ0v) is 15.4. The fourth-order valence-corrected chi connectivity index (χ4v) is 3.66. The maximum absolute atomic E-state index is 6.18. The average molecular weight is 372 g/mol. The lowest BCUT2D eigenvalue weighted by Gasteiger charge is -2.23. The van der Waals surface area contributed by atoms with Gasteiger partial charge in [0, 0.05) is 36.6 Å². The highest BCUT2D eigenvalue weighted by molar-refractivity contribution is 5.81. The fourth-order valence-electron chi connectivity index (χ4n) is 3.66. The normalized spacial score (nSPS) is 15.0. The Morgan fingerprint density at radius 1 is 0.964 bits per heavy atom. The summed E-state index contributed by atoms with van der Waals surface area (Å²) in [5.74, 6) is 2.64. The molecule has 0 atom stereocenters. The second kappa shape index (κ2) is 7.40. The first-order valence-corrected chi connectivity index (χ1v) is 9.48.